The molecule has 0 bridgehead atoms. The fraction of sp³-hybridized carbons (Fsp3) is 0.818. The molecule has 11 heavy (non-hydrogen) atoms. The Bertz CT molecular complexity index is 159. The van der Waals surface area contributed by atoms with Crippen LogP contribution in [-0.4, -0.2) is 0 Å². The first-order valence-electron chi connectivity index (χ1n) is 4.77. The molecule has 62 valence electrons. The molecular weight excluding hydrogens is 132 g/mol. The largest absolute Gasteiger partial charge is 0.103 e. The Morgan fingerprint density at radius 3 is 2.73 bits per heavy atom. The third-order valence-electron chi connectivity index (χ3n) is 2.44. The van der Waals surface area contributed by atoms with Gasteiger partial charge < -0.3 is 0 Å². The molecule has 0 amide bonds. The predicted octanol–water partition coefficient (Wildman–Crippen LogP) is 3.23. The molecule has 0 heterocycles. The predicted molar refractivity (Wildman–Crippen MR) is 49.2 cm³/mol. The smallest absolute Gasteiger partial charge is 0.0174 e. The van der Waals surface area contributed by atoms with Crippen LogP contribution in [0.3, 0.4) is 0 Å². The van der Waals surface area contributed by atoms with Crippen molar-refractivity contribution in [1.82, 2.24) is 0 Å². The lowest BCUT2D eigenvalue weighted by Crippen LogP contribution is -1.94. The second kappa shape index (κ2) is 4.44. The van der Waals surface area contributed by atoms with Crippen LogP contribution in [0.25, 0.3) is 0 Å². The normalized spacial score (nSPS) is 32.5. The van der Waals surface area contributed by atoms with Gasteiger partial charge in [0, 0.05) is 12.3 Å². The minimum absolute atomic E-state index is 0.639. The highest BCUT2D eigenvalue weighted by atomic mass is 14.1. The van der Waals surface area contributed by atoms with E-state index in [9.17, 15) is 0 Å². The Hall–Kier alpha value is -0.440. The van der Waals surface area contributed by atoms with Crippen LogP contribution in [0.5, 0.6) is 0 Å². The first-order valence-corrected chi connectivity index (χ1v) is 4.77. The molecule has 0 saturated carbocycles. The van der Waals surface area contributed by atoms with Crippen molar-refractivity contribution in [1.29, 1.82) is 0 Å². The molecule has 0 nitrogen and oxygen atoms in total. The quantitative estimate of drug-likeness (QED) is 0.465. The van der Waals surface area contributed by atoms with Crippen molar-refractivity contribution >= 4 is 0 Å². The van der Waals surface area contributed by atoms with Crippen molar-refractivity contribution in [2.75, 3.05) is 0 Å². The fourth-order valence-corrected chi connectivity index (χ4v) is 1.55. The van der Waals surface area contributed by atoms with Crippen molar-refractivity contribution < 1.29 is 0 Å². The van der Waals surface area contributed by atoms with Crippen molar-refractivity contribution in [2.45, 2.75) is 46.0 Å². The second-order valence-corrected chi connectivity index (χ2v) is 3.80. The summed E-state index contributed by atoms with van der Waals surface area (Å²) < 4.78 is 0. The van der Waals surface area contributed by atoms with Gasteiger partial charge in [0.25, 0.3) is 0 Å². The van der Waals surface area contributed by atoms with Crippen LogP contribution in [0.1, 0.15) is 46.0 Å². The summed E-state index contributed by atoms with van der Waals surface area (Å²) in [5, 5.41) is 0. The van der Waals surface area contributed by atoms with Gasteiger partial charge in [-0.15, -0.1) is 11.8 Å². The molecule has 0 aliphatic heterocycles. The summed E-state index contributed by atoms with van der Waals surface area (Å²) in [7, 11) is 0. The molecule has 0 heteroatoms. The van der Waals surface area contributed by atoms with E-state index in [-0.39, 0.29) is 0 Å². The van der Waals surface area contributed by atoms with Crippen molar-refractivity contribution in [3.05, 3.63) is 0 Å². The lowest BCUT2D eigenvalue weighted by atomic mass is 9.98. The maximum absolute atomic E-state index is 3.30. The highest BCUT2D eigenvalue weighted by Crippen LogP contribution is 2.17. The SMILES string of the molecule is CC1C#CCCC(C)CCC1. The highest BCUT2D eigenvalue weighted by Gasteiger charge is 2.04. The third-order valence-corrected chi connectivity index (χ3v) is 2.44. The van der Waals surface area contributed by atoms with Crippen molar-refractivity contribution in [3.63, 3.8) is 0 Å². The minimum Gasteiger partial charge on any atom is -0.103 e. The van der Waals surface area contributed by atoms with Gasteiger partial charge in [0.1, 0.15) is 0 Å². The van der Waals surface area contributed by atoms with E-state index in [0.29, 0.717) is 5.92 Å². The molecule has 0 aromatic rings. The van der Waals surface area contributed by atoms with Crippen LogP contribution in [0.4, 0.5) is 0 Å². The van der Waals surface area contributed by atoms with Gasteiger partial charge in [-0.25, -0.2) is 0 Å². The maximum atomic E-state index is 3.30. The van der Waals surface area contributed by atoms with Gasteiger partial charge >= 0.3 is 0 Å². The summed E-state index contributed by atoms with van der Waals surface area (Å²) in [4.78, 5) is 0. The van der Waals surface area contributed by atoms with E-state index in [1.165, 1.54) is 25.7 Å². The average molecular weight is 150 g/mol. The lowest BCUT2D eigenvalue weighted by Gasteiger charge is -2.07. The number of hydrogen-bond acceptors (Lipinski definition) is 0. The van der Waals surface area contributed by atoms with Gasteiger partial charge in [0.05, 0.1) is 0 Å². The first kappa shape index (κ1) is 8.65. The van der Waals surface area contributed by atoms with Crippen molar-refractivity contribution in [2.24, 2.45) is 11.8 Å². The molecule has 0 spiro atoms. The van der Waals surface area contributed by atoms with E-state index in [1.54, 1.807) is 0 Å². The van der Waals surface area contributed by atoms with Crippen LogP contribution >= 0.6 is 0 Å². The van der Waals surface area contributed by atoms with E-state index >= 15 is 0 Å². The zero-order chi connectivity index (χ0) is 8.10. The number of hydrogen-bond donors (Lipinski definition) is 0. The Kier molecular flexibility index (Phi) is 3.49. The first-order chi connectivity index (χ1) is 5.29. The molecule has 0 fully saturated rings. The van der Waals surface area contributed by atoms with E-state index in [2.05, 4.69) is 25.7 Å². The molecular formula is C11H18. The van der Waals surface area contributed by atoms with Gasteiger partial charge in [-0.05, 0) is 18.8 Å². The zero-order valence-corrected chi connectivity index (χ0v) is 7.69. The molecule has 0 radical (unpaired) electrons. The summed E-state index contributed by atoms with van der Waals surface area (Å²) in [6.45, 7) is 4.58. The average Bonchev–Trinajstić information content (AvgIpc) is 2.04. The zero-order valence-electron chi connectivity index (χ0n) is 7.69. The molecule has 2 unspecified atom stereocenters. The maximum Gasteiger partial charge on any atom is 0.0174 e. The van der Waals surface area contributed by atoms with E-state index < -0.39 is 0 Å². The van der Waals surface area contributed by atoms with Gasteiger partial charge in [0.2, 0.25) is 0 Å². The molecule has 0 aromatic heterocycles. The van der Waals surface area contributed by atoms with Gasteiger partial charge in [0.15, 0.2) is 0 Å². The van der Waals surface area contributed by atoms with E-state index in [4.69, 9.17) is 0 Å². The van der Waals surface area contributed by atoms with E-state index in [1.807, 2.05) is 0 Å². The molecule has 0 aromatic carbocycles. The summed E-state index contributed by atoms with van der Waals surface area (Å²) in [6, 6.07) is 0. The Labute approximate surface area is 70.4 Å². The Morgan fingerprint density at radius 1 is 1.09 bits per heavy atom. The summed E-state index contributed by atoms with van der Waals surface area (Å²) in [5.41, 5.74) is 0. The summed E-state index contributed by atoms with van der Waals surface area (Å²) in [5.74, 6) is 8.09. The van der Waals surface area contributed by atoms with Crippen LogP contribution < -0.4 is 0 Å². The van der Waals surface area contributed by atoms with Crippen LogP contribution in [0, 0.1) is 23.7 Å². The molecule has 1 aliphatic carbocycles. The summed E-state index contributed by atoms with van der Waals surface area (Å²) >= 11 is 0. The van der Waals surface area contributed by atoms with E-state index in [0.717, 1.165) is 12.3 Å². The number of rotatable bonds is 0. The standard InChI is InChI=1S/C11H18/c1-10-6-3-4-7-11(2)9-5-8-10/h10-11H,3,5-6,8-9H2,1-2H3. The van der Waals surface area contributed by atoms with Gasteiger partial charge in [-0.3, -0.25) is 0 Å². The Balaban J connectivity index is 2.39. The second-order valence-electron chi connectivity index (χ2n) is 3.80. The molecule has 0 N–H and O–H groups in total. The lowest BCUT2D eigenvalue weighted by molar-refractivity contribution is 0.460. The van der Waals surface area contributed by atoms with Gasteiger partial charge in [-0.1, -0.05) is 26.7 Å². The summed E-state index contributed by atoms with van der Waals surface area (Å²) in [6.07, 6.45) is 6.49. The van der Waals surface area contributed by atoms with Crippen LogP contribution in [0.15, 0.2) is 0 Å². The van der Waals surface area contributed by atoms with Crippen molar-refractivity contribution in [3.8, 4) is 11.8 Å². The minimum atomic E-state index is 0.639. The van der Waals surface area contributed by atoms with Gasteiger partial charge in [-0.2, -0.15) is 0 Å². The van der Waals surface area contributed by atoms with Crippen LogP contribution in [-0.2, 0) is 0 Å². The third kappa shape index (κ3) is 3.46. The van der Waals surface area contributed by atoms with Crippen LogP contribution in [0.2, 0.25) is 0 Å². The molecule has 1 aliphatic rings. The molecule has 2 atom stereocenters. The molecule has 0 saturated heterocycles. The Morgan fingerprint density at radius 2 is 1.91 bits per heavy atom. The monoisotopic (exact) mass is 150 g/mol. The fourth-order valence-electron chi connectivity index (χ4n) is 1.55. The topological polar surface area (TPSA) is 0 Å². The highest BCUT2D eigenvalue weighted by molar-refractivity contribution is 5.02. The molecule has 1 rings (SSSR count).